The van der Waals surface area contributed by atoms with Crippen LogP contribution in [0.2, 0.25) is 0 Å². The molecule has 0 aliphatic carbocycles. The molecule has 2 aliphatic heterocycles. The van der Waals surface area contributed by atoms with E-state index in [1.165, 1.54) is 0 Å². The van der Waals surface area contributed by atoms with E-state index in [2.05, 4.69) is 15.5 Å². The highest BCUT2D eigenvalue weighted by Gasteiger charge is 2.33. The van der Waals surface area contributed by atoms with Gasteiger partial charge >= 0.3 is 0 Å². The van der Waals surface area contributed by atoms with Gasteiger partial charge in [0.25, 0.3) is 0 Å². The Morgan fingerprint density at radius 2 is 2.00 bits per heavy atom. The number of rotatable bonds is 5. The normalized spacial score (nSPS) is 27.4. The molecule has 0 bridgehead atoms. The molecule has 2 fully saturated rings. The zero-order valence-electron chi connectivity index (χ0n) is 12.0. The number of hydrogen-bond acceptors (Lipinski definition) is 6. The van der Waals surface area contributed by atoms with E-state index in [0.29, 0.717) is 19.5 Å². The molecule has 3 N–H and O–H groups in total. The number of amides is 2. The molecule has 0 spiro atoms. The Labute approximate surface area is 119 Å². The van der Waals surface area contributed by atoms with Crippen molar-refractivity contribution in [3.63, 3.8) is 0 Å². The summed E-state index contributed by atoms with van der Waals surface area (Å²) in [6.45, 7) is 6.77. The van der Waals surface area contributed by atoms with Crippen LogP contribution in [0.5, 0.6) is 0 Å². The predicted octanol–water partition coefficient (Wildman–Crippen LogP) is -2.01. The molecule has 2 saturated heterocycles. The van der Waals surface area contributed by atoms with Gasteiger partial charge < -0.3 is 10.4 Å². The lowest BCUT2D eigenvalue weighted by Gasteiger charge is -2.36. The number of β-amino-alcohol motifs (C(OH)–C–C–N with tert-alkyl or cyclic N) is 1. The molecule has 0 aromatic carbocycles. The smallest absolute Gasteiger partial charge is 0.243 e. The fraction of sp³-hybridized carbons (Fsp3) is 0.846. The second-order valence-corrected chi connectivity index (χ2v) is 5.47. The number of nitrogens with zero attached hydrogens (tertiary/aromatic N) is 2. The first kappa shape index (κ1) is 15.4. The van der Waals surface area contributed by atoms with Gasteiger partial charge in [0, 0.05) is 39.3 Å². The van der Waals surface area contributed by atoms with Gasteiger partial charge in [0.1, 0.15) is 0 Å². The highest BCUT2D eigenvalue weighted by molar-refractivity contribution is 6.01. The van der Waals surface area contributed by atoms with E-state index in [4.69, 9.17) is 0 Å². The van der Waals surface area contributed by atoms with Gasteiger partial charge in [-0.25, -0.2) is 0 Å². The van der Waals surface area contributed by atoms with Gasteiger partial charge in [-0.1, -0.05) is 6.92 Å². The van der Waals surface area contributed by atoms with Gasteiger partial charge in [0.05, 0.1) is 18.7 Å². The molecular weight excluding hydrogens is 260 g/mol. The average Bonchev–Trinajstić information content (AvgIpc) is 2.39. The molecule has 0 aromatic heterocycles. The maximum atomic E-state index is 11.7. The summed E-state index contributed by atoms with van der Waals surface area (Å²) >= 11 is 0. The molecule has 2 aliphatic rings. The van der Waals surface area contributed by atoms with Crippen molar-refractivity contribution in [1.82, 2.24) is 20.4 Å². The molecule has 2 amide bonds. The van der Waals surface area contributed by atoms with Crippen LogP contribution in [0, 0.1) is 0 Å². The fourth-order valence-corrected chi connectivity index (χ4v) is 2.88. The van der Waals surface area contributed by atoms with Crippen molar-refractivity contribution in [1.29, 1.82) is 0 Å². The summed E-state index contributed by atoms with van der Waals surface area (Å²) in [5, 5.41) is 15.8. The molecule has 2 atom stereocenters. The lowest BCUT2D eigenvalue weighted by molar-refractivity contribution is -0.141. The van der Waals surface area contributed by atoms with Gasteiger partial charge in [-0.3, -0.25) is 24.7 Å². The molecular formula is C13H24N4O3. The number of nitrogens with one attached hydrogen (secondary N) is 2. The molecule has 2 unspecified atom stereocenters. The molecule has 0 saturated carbocycles. The maximum Gasteiger partial charge on any atom is 0.243 e. The van der Waals surface area contributed by atoms with Crippen LogP contribution in [0.3, 0.4) is 0 Å². The van der Waals surface area contributed by atoms with Crippen LogP contribution in [-0.2, 0) is 9.59 Å². The number of hydrogen-bond donors (Lipinski definition) is 3. The van der Waals surface area contributed by atoms with Crippen molar-refractivity contribution in [2.45, 2.75) is 25.5 Å². The topological polar surface area (TPSA) is 84.9 Å². The number of piperazine rings is 2. The van der Waals surface area contributed by atoms with Crippen LogP contribution in [0.15, 0.2) is 0 Å². The van der Waals surface area contributed by atoms with Crippen molar-refractivity contribution in [2.24, 2.45) is 0 Å². The van der Waals surface area contributed by atoms with E-state index in [-0.39, 0.29) is 24.4 Å². The zero-order chi connectivity index (χ0) is 14.5. The number of aliphatic hydroxyl groups excluding tert-OH is 1. The fourth-order valence-electron chi connectivity index (χ4n) is 2.88. The van der Waals surface area contributed by atoms with Gasteiger partial charge in [0.2, 0.25) is 11.8 Å². The van der Waals surface area contributed by atoms with Gasteiger partial charge in [-0.2, -0.15) is 0 Å². The first-order valence-corrected chi connectivity index (χ1v) is 7.29. The monoisotopic (exact) mass is 284 g/mol. The number of aliphatic hydroxyl groups is 1. The summed E-state index contributed by atoms with van der Waals surface area (Å²) in [5.74, 6) is -0.535. The van der Waals surface area contributed by atoms with E-state index < -0.39 is 6.10 Å². The van der Waals surface area contributed by atoms with Crippen molar-refractivity contribution in [3.8, 4) is 0 Å². The zero-order valence-corrected chi connectivity index (χ0v) is 12.0. The van der Waals surface area contributed by atoms with Crippen LogP contribution in [0.1, 0.15) is 13.3 Å². The third kappa shape index (κ3) is 3.99. The standard InChI is InChI=1S/C13H24N4O3/c1-2-11-13(20)15-12(19)9-17(11)8-10(18)7-16-5-3-14-4-6-16/h10-11,14,18H,2-9H2,1H3,(H,15,19,20). The number of imide groups is 1. The van der Waals surface area contributed by atoms with E-state index >= 15 is 0 Å². The van der Waals surface area contributed by atoms with Crippen LogP contribution in [-0.4, -0.2) is 84.7 Å². The summed E-state index contributed by atoms with van der Waals surface area (Å²) in [5.41, 5.74) is 0. The molecule has 0 radical (unpaired) electrons. The van der Waals surface area contributed by atoms with E-state index in [1.807, 2.05) is 6.92 Å². The highest BCUT2D eigenvalue weighted by Crippen LogP contribution is 2.10. The number of carbonyl (C=O) groups is 2. The largest absolute Gasteiger partial charge is 0.390 e. The van der Waals surface area contributed by atoms with Crippen molar-refractivity contribution in [2.75, 3.05) is 45.8 Å². The third-order valence-corrected chi connectivity index (χ3v) is 3.86. The van der Waals surface area contributed by atoms with E-state index in [0.717, 1.165) is 26.2 Å². The molecule has 114 valence electrons. The van der Waals surface area contributed by atoms with E-state index in [9.17, 15) is 14.7 Å². The average molecular weight is 284 g/mol. The lowest BCUT2D eigenvalue weighted by atomic mass is 10.1. The minimum Gasteiger partial charge on any atom is -0.390 e. The quantitative estimate of drug-likeness (QED) is 0.506. The second-order valence-electron chi connectivity index (χ2n) is 5.47. The Morgan fingerprint density at radius 3 is 2.65 bits per heavy atom. The molecule has 20 heavy (non-hydrogen) atoms. The molecule has 7 heteroatoms. The van der Waals surface area contributed by atoms with Gasteiger partial charge in [0.15, 0.2) is 0 Å². The SMILES string of the molecule is CCC1C(=O)NC(=O)CN1CC(O)CN1CCNCC1. The summed E-state index contributed by atoms with van der Waals surface area (Å²) in [4.78, 5) is 27.2. The van der Waals surface area contributed by atoms with E-state index in [1.54, 1.807) is 4.90 Å². The van der Waals surface area contributed by atoms with Crippen LogP contribution in [0.4, 0.5) is 0 Å². The minimum atomic E-state index is -0.541. The summed E-state index contributed by atoms with van der Waals surface area (Å²) in [6, 6.07) is -0.314. The molecule has 2 heterocycles. The number of carbonyl (C=O) groups excluding carboxylic acids is 2. The summed E-state index contributed by atoms with van der Waals surface area (Å²) in [6.07, 6.45) is 0.0975. The Balaban J connectivity index is 1.85. The predicted molar refractivity (Wildman–Crippen MR) is 74.1 cm³/mol. The van der Waals surface area contributed by atoms with Gasteiger partial charge in [-0.15, -0.1) is 0 Å². The Morgan fingerprint density at radius 1 is 1.30 bits per heavy atom. The first-order valence-electron chi connectivity index (χ1n) is 7.29. The Kier molecular flexibility index (Phi) is 5.47. The Hall–Kier alpha value is -1.02. The van der Waals surface area contributed by atoms with Gasteiger partial charge in [-0.05, 0) is 6.42 Å². The molecule has 2 rings (SSSR count). The minimum absolute atomic E-state index is 0.183. The summed E-state index contributed by atoms with van der Waals surface area (Å²) in [7, 11) is 0. The van der Waals surface area contributed by atoms with Crippen LogP contribution >= 0.6 is 0 Å². The molecule has 0 aromatic rings. The van der Waals surface area contributed by atoms with Crippen molar-refractivity contribution < 1.29 is 14.7 Å². The summed E-state index contributed by atoms with van der Waals surface area (Å²) < 4.78 is 0. The third-order valence-electron chi connectivity index (χ3n) is 3.86. The lowest BCUT2D eigenvalue weighted by Crippen LogP contribution is -2.60. The second kappa shape index (κ2) is 7.12. The van der Waals surface area contributed by atoms with Crippen molar-refractivity contribution in [3.05, 3.63) is 0 Å². The van der Waals surface area contributed by atoms with Crippen molar-refractivity contribution >= 4 is 11.8 Å². The van der Waals surface area contributed by atoms with Crippen LogP contribution in [0.25, 0.3) is 0 Å². The highest BCUT2D eigenvalue weighted by atomic mass is 16.3. The first-order chi connectivity index (χ1) is 9.60. The maximum absolute atomic E-state index is 11.7. The Bertz CT molecular complexity index is 358. The van der Waals surface area contributed by atoms with Crippen LogP contribution < -0.4 is 10.6 Å². The molecule has 7 nitrogen and oxygen atoms in total.